The Kier molecular flexibility index (Phi) is 4.92. The normalized spacial score (nSPS) is 10.6. The second-order valence-electron chi connectivity index (χ2n) is 5.17. The van der Waals surface area contributed by atoms with Crippen molar-refractivity contribution in [3.63, 3.8) is 0 Å². The number of hydrogen-bond acceptors (Lipinski definition) is 6. The van der Waals surface area contributed by atoms with Gasteiger partial charge in [0, 0.05) is 10.9 Å². The number of methoxy groups -OCH3 is 1. The third kappa shape index (κ3) is 3.47. The zero-order valence-corrected chi connectivity index (χ0v) is 15.3. The van der Waals surface area contributed by atoms with Gasteiger partial charge in [-0.15, -0.1) is 22.7 Å². The minimum atomic E-state index is -0.177. The summed E-state index contributed by atoms with van der Waals surface area (Å²) in [7, 11) is 1.64. The number of rotatable bonds is 5. The standard InChI is InChI=1S/C17H17N3O2S2/c1-4-15-18-8-14(24-15)16(21)20-17-19-12(9-23-17)11-7-10(2)5-6-13(11)22-3/h5-9H,4H2,1-3H3,(H,19,20,21). The van der Waals surface area contributed by atoms with Crippen LogP contribution in [0.3, 0.4) is 0 Å². The van der Waals surface area contributed by atoms with Gasteiger partial charge in [0.2, 0.25) is 0 Å². The maximum Gasteiger partial charge on any atom is 0.269 e. The molecule has 0 aliphatic rings. The van der Waals surface area contributed by atoms with Crippen molar-refractivity contribution in [2.24, 2.45) is 0 Å². The molecule has 0 radical (unpaired) electrons. The number of nitrogens with one attached hydrogen (secondary N) is 1. The molecule has 2 heterocycles. The highest BCUT2D eigenvalue weighted by Crippen LogP contribution is 2.33. The van der Waals surface area contributed by atoms with Gasteiger partial charge in [0.15, 0.2) is 5.13 Å². The van der Waals surface area contributed by atoms with Crippen LogP contribution in [0.2, 0.25) is 0 Å². The summed E-state index contributed by atoms with van der Waals surface area (Å²) in [4.78, 5) is 21.6. The number of amides is 1. The Morgan fingerprint density at radius 1 is 1.38 bits per heavy atom. The fourth-order valence-electron chi connectivity index (χ4n) is 2.21. The molecule has 124 valence electrons. The van der Waals surface area contributed by atoms with Crippen molar-refractivity contribution in [1.82, 2.24) is 9.97 Å². The molecule has 0 aliphatic carbocycles. The molecule has 7 heteroatoms. The highest BCUT2D eigenvalue weighted by atomic mass is 32.1. The summed E-state index contributed by atoms with van der Waals surface area (Å²) in [6, 6.07) is 5.94. The van der Waals surface area contributed by atoms with Crippen LogP contribution in [0.4, 0.5) is 5.13 Å². The molecule has 0 unspecified atom stereocenters. The Hall–Kier alpha value is -2.25. The predicted molar refractivity (Wildman–Crippen MR) is 98.3 cm³/mol. The number of nitrogens with zero attached hydrogens (tertiary/aromatic N) is 2. The first-order chi connectivity index (χ1) is 11.6. The van der Waals surface area contributed by atoms with Crippen molar-refractivity contribution >= 4 is 33.7 Å². The van der Waals surface area contributed by atoms with Gasteiger partial charge in [-0.2, -0.15) is 0 Å². The Morgan fingerprint density at radius 2 is 2.21 bits per heavy atom. The molecule has 0 fully saturated rings. The number of carbonyl (C=O) groups is 1. The van der Waals surface area contributed by atoms with Crippen LogP contribution in [0.15, 0.2) is 29.8 Å². The van der Waals surface area contributed by atoms with Gasteiger partial charge < -0.3 is 4.74 Å². The molecule has 0 saturated heterocycles. The third-order valence-electron chi connectivity index (χ3n) is 3.44. The van der Waals surface area contributed by atoms with Crippen LogP contribution in [0.1, 0.15) is 27.2 Å². The second-order valence-corrected chi connectivity index (χ2v) is 7.14. The van der Waals surface area contributed by atoms with Gasteiger partial charge in [0.1, 0.15) is 10.6 Å². The smallest absolute Gasteiger partial charge is 0.269 e. The first-order valence-electron chi connectivity index (χ1n) is 7.47. The van der Waals surface area contributed by atoms with Crippen molar-refractivity contribution in [1.29, 1.82) is 0 Å². The lowest BCUT2D eigenvalue weighted by Crippen LogP contribution is -2.09. The van der Waals surface area contributed by atoms with Gasteiger partial charge in [-0.25, -0.2) is 9.97 Å². The van der Waals surface area contributed by atoms with E-state index in [0.717, 1.165) is 34.0 Å². The minimum Gasteiger partial charge on any atom is -0.496 e. The molecule has 0 saturated carbocycles. The maximum absolute atomic E-state index is 12.3. The van der Waals surface area contributed by atoms with Crippen LogP contribution < -0.4 is 10.1 Å². The molecule has 2 aromatic heterocycles. The molecular weight excluding hydrogens is 342 g/mol. The summed E-state index contributed by atoms with van der Waals surface area (Å²) < 4.78 is 5.40. The van der Waals surface area contributed by atoms with Crippen LogP contribution >= 0.6 is 22.7 Å². The fraction of sp³-hybridized carbons (Fsp3) is 0.235. The van der Waals surface area contributed by atoms with E-state index in [9.17, 15) is 4.79 Å². The fourth-order valence-corrected chi connectivity index (χ4v) is 3.67. The molecule has 0 spiro atoms. The van der Waals surface area contributed by atoms with Crippen molar-refractivity contribution in [3.8, 4) is 17.0 Å². The number of anilines is 1. The molecule has 3 rings (SSSR count). The molecule has 0 bridgehead atoms. The van der Waals surface area contributed by atoms with E-state index < -0.39 is 0 Å². The molecule has 24 heavy (non-hydrogen) atoms. The zero-order chi connectivity index (χ0) is 17.1. The summed E-state index contributed by atoms with van der Waals surface area (Å²) in [5.74, 6) is 0.586. The number of benzene rings is 1. The Labute approximate surface area is 148 Å². The summed E-state index contributed by atoms with van der Waals surface area (Å²) in [6.45, 7) is 4.04. The lowest BCUT2D eigenvalue weighted by Gasteiger charge is -2.07. The van der Waals surface area contributed by atoms with E-state index >= 15 is 0 Å². The lowest BCUT2D eigenvalue weighted by molar-refractivity contribution is 0.103. The minimum absolute atomic E-state index is 0.177. The van der Waals surface area contributed by atoms with E-state index in [1.807, 2.05) is 37.4 Å². The van der Waals surface area contributed by atoms with E-state index in [2.05, 4.69) is 15.3 Å². The van der Waals surface area contributed by atoms with Crippen LogP contribution in [0, 0.1) is 6.92 Å². The Balaban J connectivity index is 1.81. The zero-order valence-electron chi connectivity index (χ0n) is 13.6. The highest BCUT2D eigenvalue weighted by Gasteiger charge is 2.14. The molecule has 1 N–H and O–H groups in total. The summed E-state index contributed by atoms with van der Waals surface area (Å²) in [5, 5.41) is 6.26. The van der Waals surface area contributed by atoms with E-state index in [4.69, 9.17) is 4.74 Å². The number of carbonyl (C=O) groups excluding carboxylic acids is 1. The largest absolute Gasteiger partial charge is 0.496 e. The molecule has 1 amide bonds. The molecule has 0 aliphatic heterocycles. The van der Waals surface area contributed by atoms with E-state index in [1.54, 1.807) is 13.3 Å². The number of ether oxygens (including phenoxy) is 1. The monoisotopic (exact) mass is 359 g/mol. The van der Waals surface area contributed by atoms with Crippen molar-refractivity contribution in [3.05, 3.63) is 45.2 Å². The molecule has 1 aromatic carbocycles. The van der Waals surface area contributed by atoms with Gasteiger partial charge in [-0.05, 0) is 25.5 Å². The summed E-state index contributed by atoms with van der Waals surface area (Å²) >= 11 is 2.80. The topological polar surface area (TPSA) is 64.1 Å². The summed E-state index contributed by atoms with van der Waals surface area (Å²) in [5.41, 5.74) is 2.83. The number of thiazole rings is 2. The first kappa shape index (κ1) is 16.6. The quantitative estimate of drug-likeness (QED) is 0.733. The Bertz CT molecular complexity index is 870. The second kappa shape index (κ2) is 7.11. The average molecular weight is 359 g/mol. The first-order valence-corrected chi connectivity index (χ1v) is 9.17. The molecule has 5 nitrogen and oxygen atoms in total. The molecular formula is C17H17N3O2S2. The van der Waals surface area contributed by atoms with Gasteiger partial charge in [0.25, 0.3) is 5.91 Å². The molecule has 3 aromatic rings. The van der Waals surface area contributed by atoms with E-state index in [-0.39, 0.29) is 5.91 Å². The Morgan fingerprint density at radius 3 is 2.92 bits per heavy atom. The van der Waals surface area contributed by atoms with E-state index in [1.165, 1.54) is 22.7 Å². The predicted octanol–water partition coefficient (Wildman–Crippen LogP) is 4.40. The van der Waals surface area contributed by atoms with Gasteiger partial charge in [0.05, 0.1) is 24.0 Å². The maximum atomic E-state index is 12.3. The lowest BCUT2D eigenvalue weighted by atomic mass is 10.1. The van der Waals surface area contributed by atoms with Crippen LogP contribution in [0.5, 0.6) is 5.75 Å². The highest BCUT2D eigenvalue weighted by molar-refractivity contribution is 7.15. The van der Waals surface area contributed by atoms with Crippen molar-refractivity contribution in [2.75, 3.05) is 12.4 Å². The number of aryl methyl sites for hydroxylation is 2. The van der Waals surface area contributed by atoms with Crippen LogP contribution in [0.25, 0.3) is 11.3 Å². The number of hydrogen-bond donors (Lipinski definition) is 1. The number of aromatic nitrogens is 2. The van der Waals surface area contributed by atoms with Gasteiger partial charge >= 0.3 is 0 Å². The summed E-state index contributed by atoms with van der Waals surface area (Å²) in [6.07, 6.45) is 2.43. The average Bonchev–Trinajstić information content (AvgIpc) is 3.24. The van der Waals surface area contributed by atoms with E-state index in [0.29, 0.717) is 10.0 Å². The SMILES string of the molecule is CCc1ncc(C(=O)Nc2nc(-c3cc(C)ccc3OC)cs2)s1. The molecule has 0 atom stereocenters. The van der Waals surface area contributed by atoms with Gasteiger partial charge in [-0.1, -0.05) is 18.6 Å². The van der Waals surface area contributed by atoms with Gasteiger partial charge in [-0.3, -0.25) is 10.1 Å². The van der Waals surface area contributed by atoms with Crippen molar-refractivity contribution < 1.29 is 9.53 Å². The van der Waals surface area contributed by atoms with Crippen molar-refractivity contribution in [2.45, 2.75) is 20.3 Å². The van der Waals surface area contributed by atoms with Crippen LogP contribution in [-0.4, -0.2) is 23.0 Å². The third-order valence-corrected chi connectivity index (χ3v) is 5.33. The van der Waals surface area contributed by atoms with Crippen LogP contribution in [-0.2, 0) is 6.42 Å².